The number of hydrogen-bond acceptors (Lipinski definition) is 5. The summed E-state index contributed by atoms with van der Waals surface area (Å²) in [4.78, 5) is 27.1. The maximum atomic E-state index is 12.2. The number of ether oxygens (including phenoxy) is 1. The molecule has 0 unspecified atom stereocenters. The zero-order valence-electron chi connectivity index (χ0n) is 13.1. The van der Waals surface area contributed by atoms with E-state index < -0.39 is 12.6 Å². The van der Waals surface area contributed by atoms with E-state index in [1.165, 1.54) is 11.3 Å². The van der Waals surface area contributed by atoms with Gasteiger partial charge in [0.1, 0.15) is 11.4 Å². The monoisotopic (exact) mass is 334 g/mol. The van der Waals surface area contributed by atoms with Crippen molar-refractivity contribution in [2.45, 2.75) is 26.2 Å². The highest BCUT2D eigenvalue weighted by molar-refractivity contribution is 7.10. The smallest absolute Gasteiger partial charge is 0.341 e. The second kappa shape index (κ2) is 6.78. The molecule has 23 heavy (non-hydrogen) atoms. The van der Waals surface area contributed by atoms with Gasteiger partial charge in [-0.3, -0.25) is 4.79 Å². The van der Waals surface area contributed by atoms with Crippen molar-refractivity contribution >= 4 is 28.9 Å². The van der Waals surface area contributed by atoms with E-state index in [-0.39, 0.29) is 11.3 Å². The van der Waals surface area contributed by atoms with Crippen LogP contribution in [0.25, 0.3) is 0 Å². The van der Waals surface area contributed by atoms with Crippen molar-refractivity contribution < 1.29 is 19.4 Å². The van der Waals surface area contributed by atoms with Crippen LogP contribution in [-0.4, -0.2) is 28.6 Å². The first kappa shape index (κ1) is 17.0. The van der Waals surface area contributed by atoms with Crippen molar-refractivity contribution in [3.05, 3.63) is 40.3 Å². The van der Waals surface area contributed by atoms with Crippen LogP contribution in [0.5, 0.6) is 5.75 Å². The molecular formula is C16H18N2O4S. The van der Waals surface area contributed by atoms with Crippen molar-refractivity contribution in [2.75, 3.05) is 11.9 Å². The second-order valence-electron chi connectivity index (χ2n) is 5.95. The normalized spacial score (nSPS) is 11.1. The number of hydrogen-bond donors (Lipinski definition) is 2. The quantitative estimate of drug-likeness (QED) is 0.877. The zero-order chi connectivity index (χ0) is 17.0. The molecule has 1 heterocycles. The molecule has 0 saturated carbocycles. The van der Waals surface area contributed by atoms with Gasteiger partial charge in [-0.05, 0) is 12.1 Å². The number of rotatable bonds is 5. The molecule has 0 bridgehead atoms. The molecule has 0 fully saturated rings. The van der Waals surface area contributed by atoms with Gasteiger partial charge in [-0.25, -0.2) is 9.78 Å². The highest BCUT2D eigenvalue weighted by atomic mass is 32.1. The van der Waals surface area contributed by atoms with Crippen LogP contribution in [0.15, 0.2) is 29.6 Å². The number of amides is 1. The molecule has 0 atom stereocenters. The first-order chi connectivity index (χ1) is 10.8. The van der Waals surface area contributed by atoms with Gasteiger partial charge >= 0.3 is 5.97 Å². The van der Waals surface area contributed by atoms with Crippen LogP contribution in [0.2, 0.25) is 0 Å². The summed E-state index contributed by atoms with van der Waals surface area (Å²) in [5.41, 5.74) is 0.772. The lowest BCUT2D eigenvalue weighted by Crippen LogP contribution is -2.15. The van der Waals surface area contributed by atoms with Crippen LogP contribution in [0, 0.1) is 0 Å². The summed E-state index contributed by atoms with van der Waals surface area (Å²) in [7, 11) is 0. The van der Waals surface area contributed by atoms with E-state index in [1.54, 1.807) is 29.6 Å². The molecule has 0 aliphatic rings. The SMILES string of the molecule is CC(C)(C)c1nc(C(=O)Nc2cccc(OCC(=O)O)c2)cs1. The molecule has 122 valence electrons. The molecule has 2 rings (SSSR count). The van der Waals surface area contributed by atoms with Gasteiger partial charge in [0, 0.05) is 22.5 Å². The molecule has 0 aliphatic heterocycles. The Balaban J connectivity index is 2.06. The summed E-state index contributed by atoms with van der Waals surface area (Å²) >= 11 is 1.45. The van der Waals surface area contributed by atoms with Gasteiger partial charge in [0.05, 0.1) is 5.01 Å². The number of carbonyl (C=O) groups is 2. The maximum absolute atomic E-state index is 12.2. The number of carboxylic acids is 1. The zero-order valence-corrected chi connectivity index (χ0v) is 13.9. The molecule has 0 aliphatic carbocycles. The van der Waals surface area contributed by atoms with E-state index in [0.29, 0.717) is 17.1 Å². The Morgan fingerprint density at radius 2 is 2.09 bits per heavy atom. The molecular weight excluding hydrogens is 316 g/mol. The van der Waals surface area contributed by atoms with E-state index in [1.807, 2.05) is 20.8 Å². The standard InChI is InChI=1S/C16H18N2O4S/c1-16(2,3)15-18-12(9-23-15)14(21)17-10-5-4-6-11(7-10)22-8-13(19)20/h4-7,9H,8H2,1-3H3,(H,17,21)(H,19,20). The van der Waals surface area contributed by atoms with E-state index in [2.05, 4.69) is 10.3 Å². The topological polar surface area (TPSA) is 88.5 Å². The molecule has 6 nitrogen and oxygen atoms in total. The summed E-state index contributed by atoms with van der Waals surface area (Å²) in [6.45, 7) is 5.68. The summed E-state index contributed by atoms with van der Waals surface area (Å²) in [5.74, 6) is -0.998. The van der Waals surface area contributed by atoms with Crippen molar-refractivity contribution in [1.82, 2.24) is 4.98 Å². The van der Waals surface area contributed by atoms with Gasteiger partial charge in [-0.15, -0.1) is 11.3 Å². The Bertz CT molecular complexity index is 719. The van der Waals surface area contributed by atoms with Gasteiger partial charge < -0.3 is 15.2 Å². The maximum Gasteiger partial charge on any atom is 0.341 e. The summed E-state index contributed by atoms with van der Waals surface area (Å²) in [6, 6.07) is 6.56. The Morgan fingerprint density at radius 3 is 2.70 bits per heavy atom. The van der Waals surface area contributed by atoms with Crippen molar-refractivity contribution in [3.8, 4) is 5.75 Å². The lowest BCUT2D eigenvalue weighted by atomic mass is 9.98. The number of aromatic nitrogens is 1. The molecule has 1 aromatic heterocycles. The average molecular weight is 334 g/mol. The van der Waals surface area contributed by atoms with Gasteiger partial charge in [0.25, 0.3) is 5.91 Å². The summed E-state index contributed by atoms with van der Waals surface area (Å²) < 4.78 is 5.08. The van der Waals surface area contributed by atoms with Crippen LogP contribution < -0.4 is 10.1 Å². The fraction of sp³-hybridized carbons (Fsp3) is 0.312. The Hall–Kier alpha value is -2.41. The molecule has 7 heteroatoms. The number of carboxylic acid groups (broad SMARTS) is 1. The van der Waals surface area contributed by atoms with E-state index in [0.717, 1.165) is 5.01 Å². The minimum absolute atomic E-state index is 0.103. The van der Waals surface area contributed by atoms with E-state index >= 15 is 0 Å². The van der Waals surface area contributed by atoms with E-state index in [4.69, 9.17) is 9.84 Å². The van der Waals surface area contributed by atoms with Gasteiger partial charge in [-0.2, -0.15) is 0 Å². The molecule has 0 spiro atoms. The minimum Gasteiger partial charge on any atom is -0.482 e. The molecule has 1 aromatic carbocycles. The van der Waals surface area contributed by atoms with Gasteiger partial charge in [-0.1, -0.05) is 26.8 Å². The molecule has 1 amide bonds. The van der Waals surface area contributed by atoms with Crippen LogP contribution in [-0.2, 0) is 10.2 Å². The lowest BCUT2D eigenvalue weighted by Gasteiger charge is -2.13. The van der Waals surface area contributed by atoms with Crippen LogP contribution in [0.3, 0.4) is 0 Å². The number of carbonyl (C=O) groups excluding carboxylic acids is 1. The Morgan fingerprint density at radius 1 is 1.35 bits per heavy atom. The highest BCUT2D eigenvalue weighted by Crippen LogP contribution is 2.26. The first-order valence-electron chi connectivity index (χ1n) is 6.98. The third-order valence-corrected chi connectivity index (χ3v) is 4.10. The summed E-state index contributed by atoms with van der Waals surface area (Å²) in [5, 5.41) is 13.9. The van der Waals surface area contributed by atoms with E-state index in [9.17, 15) is 9.59 Å². The third kappa shape index (κ3) is 4.79. The number of anilines is 1. The Labute approximate surface area is 138 Å². The van der Waals surface area contributed by atoms with Gasteiger partial charge in [0.15, 0.2) is 6.61 Å². The number of nitrogens with one attached hydrogen (secondary N) is 1. The fourth-order valence-electron chi connectivity index (χ4n) is 1.73. The van der Waals surface area contributed by atoms with Crippen LogP contribution in [0.1, 0.15) is 36.3 Å². The number of nitrogens with zero attached hydrogens (tertiary/aromatic N) is 1. The fourth-order valence-corrected chi connectivity index (χ4v) is 2.61. The van der Waals surface area contributed by atoms with Crippen LogP contribution in [0.4, 0.5) is 5.69 Å². The number of aliphatic carboxylic acids is 1. The molecule has 0 saturated heterocycles. The minimum atomic E-state index is -1.06. The van der Waals surface area contributed by atoms with Crippen molar-refractivity contribution in [3.63, 3.8) is 0 Å². The largest absolute Gasteiger partial charge is 0.482 e. The number of thiazole rings is 1. The first-order valence-corrected chi connectivity index (χ1v) is 7.85. The predicted octanol–water partition coefficient (Wildman–Crippen LogP) is 3.16. The molecule has 0 radical (unpaired) electrons. The molecule has 2 aromatic rings. The lowest BCUT2D eigenvalue weighted by molar-refractivity contribution is -0.139. The van der Waals surface area contributed by atoms with Crippen molar-refractivity contribution in [2.24, 2.45) is 0 Å². The second-order valence-corrected chi connectivity index (χ2v) is 6.81. The average Bonchev–Trinajstić information content (AvgIpc) is 2.95. The van der Waals surface area contributed by atoms with Crippen LogP contribution >= 0.6 is 11.3 Å². The molecule has 2 N–H and O–H groups in total. The predicted molar refractivity (Wildman–Crippen MR) is 88.3 cm³/mol. The highest BCUT2D eigenvalue weighted by Gasteiger charge is 2.20. The van der Waals surface area contributed by atoms with Gasteiger partial charge in [0.2, 0.25) is 0 Å². The van der Waals surface area contributed by atoms with Crippen molar-refractivity contribution in [1.29, 1.82) is 0 Å². The number of benzene rings is 1. The third-order valence-electron chi connectivity index (χ3n) is 2.83. The summed E-state index contributed by atoms with van der Waals surface area (Å²) in [6.07, 6.45) is 0. The Kier molecular flexibility index (Phi) is 5.00.